The van der Waals surface area contributed by atoms with Gasteiger partial charge in [0, 0.05) is 18.9 Å². The number of nitrogens with one attached hydrogen (secondary N) is 1. The number of nitrogens with two attached hydrogens (primary N) is 1. The Morgan fingerprint density at radius 3 is 2.65 bits per heavy atom. The van der Waals surface area contributed by atoms with Crippen LogP contribution in [0.25, 0.3) is 0 Å². The molecule has 1 aliphatic rings. The van der Waals surface area contributed by atoms with Gasteiger partial charge in [0.05, 0.1) is 6.20 Å². The first-order valence-corrected chi connectivity index (χ1v) is 8.41. The zero-order chi connectivity index (χ0) is 16.1. The summed E-state index contributed by atoms with van der Waals surface area (Å²) in [5.41, 5.74) is 2.31. The van der Waals surface area contributed by atoms with Crippen molar-refractivity contribution in [3.63, 3.8) is 0 Å². The van der Waals surface area contributed by atoms with E-state index in [2.05, 4.69) is 10.4 Å². The first kappa shape index (κ1) is 16.2. The molecule has 1 heterocycles. The SMILES string of the molecule is NNCCc1cnc(C(O)(c2ccccc2)C2CCCCC2)o1. The van der Waals surface area contributed by atoms with Crippen molar-refractivity contribution in [3.8, 4) is 0 Å². The molecule has 0 bridgehead atoms. The molecular weight excluding hydrogens is 290 g/mol. The van der Waals surface area contributed by atoms with Crippen molar-refractivity contribution in [1.29, 1.82) is 0 Å². The highest BCUT2D eigenvalue weighted by atomic mass is 16.4. The van der Waals surface area contributed by atoms with Crippen molar-refractivity contribution in [2.24, 2.45) is 11.8 Å². The van der Waals surface area contributed by atoms with Crippen molar-refractivity contribution < 1.29 is 9.52 Å². The Labute approximate surface area is 136 Å². The third-order valence-corrected chi connectivity index (χ3v) is 4.81. The third kappa shape index (κ3) is 3.32. The molecule has 1 saturated carbocycles. The summed E-state index contributed by atoms with van der Waals surface area (Å²) in [5, 5.41) is 11.6. The lowest BCUT2D eigenvalue weighted by Crippen LogP contribution is -2.38. The number of nitrogens with zero attached hydrogens (tertiary/aromatic N) is 1. The van der Waals surface area contributed by atoms with Gasteiger partial charge in [-0.2, -0.15) is 0 Å². The zero-order valence-electron chi connectivity index (χ0n) is 13.4. The smallest absolute Gasteiger partial charge is 0.231 e. The van der Waals surface area contributed by atoms with Crippen LogP contribution in [0.2, 0.25) is 0 Å². The van der Waals surface area contributed by atoms with E-state index < -0.39 is 5.60 Å². The molecule has 0 aliphatic heterocycles. The van der Waals surface area contributed by atoms with Crippen LogP contribution in [0.5, 0.6) is 0 Å². The number of aromatic nitrogens is 1. The molecule has 2 aromatic rings. The van der Waals surface area contributed by atoms with E-state index in [1.54, 1.807) is 6.20 Å². The van der Waals surface area contributed by atoms with E-state index in [9.17, 15) is 5.11 Å². The normalized spacial score (nSPS) is 18.7. The lowest BCUT2D eigenvalue weighted by molar-refractivity contribution is -0.0238. The van der Waals surface area contributed by atoms with Gasteiger partial charge in [-0.1, -0.05) is 49.6 Å². The summed E-state index contributed by atoms with van der Waals surface area (Å²) >= 11 is 0. The summed E-state index contributed by atoms with van der Waals surface area (Å²) in [6, 6.07) is 9.77. The van der Waals surface area contributed by atoms with Crippen LogP contribution < -0.4 is 11.3 Å². The van der Waals surface area contributed by atoms with Gasteiger partial charge in [-0.15, -0.1) is 0 Å². The van der Waals surface area contributed by atoms with Crippen LogP contribution in [0.4, 0.5) is 0 Å². The Bertz CT molecular complexity index is 608. The number of hydrogen-bond acceptors (Lipinski definition) is 5. The van der Waals surface area contributed by atoms with Crippen LogP contribution in [0.1, 0.15) is 49.3 Å². The maximum absolute atomic E-state index is 11.6. The fourth-order valence-corrected chi connectivity index (χ4v) is 3.54. The molecule has 4 N–H and O–H groups in total. The molecule has 23 heavy (non-hydrogen) atoms. The van der Waals surface area contributed by atoms with E-state index in [-0.39, 0.29) is 5.92 Å². The standard InChI is InChI=1S/C18H25N3O2/c19-21-12-11-16-13-20-17(23-16)18(22,14-7-3-1-4-8-14)15-9-5-2-6-10-15/h1,3-4,7-8,13,15,21-22H,2,5-6,9-12,19H2. The number of hydrogen-bond donors (Lipinski definition) is 3. The molecule has 1 aromatic heterocycles. The maximum Gasteiger partial charge on any atom is 0.231 e. The summed E-state index contributed by atoms with van der Waals surface area (Å²) in [6.07, 6.45) is 7.86. The average molecular weight is 315 g/mol. The highest BCUT2D eigenvalue weighted by Crippen LogP contribution is 2.43. The quantitative estimate of drug-likeness (QED) is 0.563. The van der Waals surface area contributed by atoms with Gasteiger partial charge in [0.2, 0.25) is 5.89 Å². The van der Waals surface area contributed by atoms with Gasteiger partial charge in [0.1, 0.15) is 5.76 Å². The number of aliphatic hydroxyl groups is 1. The molecule has 1 aromatic carbocycles. The van der Waals surface area contributed by atoms with Gasteiger partial charge in [0.25, 0.3) is 0 Å². The molecule has 1 atom stereocenters. The predicted molar refractivity (Wildman–Crippen MR) is 88.4 cm³/mol. The van der Waals surface area contributed by atoms with Gasteiger partial charge < -0.3 is 9.52 Å². The predicted octanol–water partition coefficient (Wildman–Crippen LogP) is 2.50. The Kier molecular flexibility index (Phi) is 5.10. The van der Waals surface area contributed by atoms with E-state index in [0.717, 1.165) is 37.0 Å². The Morgan fingerprint density at radius 1 is 1.22 bits per heavy atom. The fraction of sp³-hybridized carbons (Fsp3) is 0.500. The second-order valence-corrected chi connectivity index (χ2v) is 6.30. The van der Waals surface area contributed by atoms with Gasteiger partial charge in [0.15, 0.2) is 5.60 Å². The first-order chi connectivity index (χ1) is 11.2. The molecule has 1 aliphatic carbocycles. The lowest BCUT2D eigenvalue weighted by Gasteiger charge is -2.36. The molecule has 0 radical (unpaired) electrons. The highest BCUT2D eigenvalue weighted by Gasteiger charge is 2.44. The summed E-state index contributed by atoms with van der Waals surface area (Å²) in [5.74, 6) is 6.60. The number of benzene rings is 1. The van der Waals surface area contributed by atoms with Crippen molar-refractivity contribution in [1.82, 2.24) is 10.4 Å². The largest absolute Gasteiger partial charge is 0.442 e. The maximum atomic E-state index is 11.6. The fourth-order valence-electron chi connectivity index (χ4n) is 3.54. The molecule has 124 valence electrons. The molecule has 1 unspecified atom stereocenters. The summed E-state index contributed by atoms with van der Waals surface area (Å²) in [4.78, 5) is 4.41. The van der Waals surface area contributed by atoms with Crippen LogP contribution in [0, 0.1) is 5.92 Å². The third-order valence-electron chi connectivity index (χ3n) is 4.81. The minimum atomic E-state index is -1.16. The molecule has 5 heteroatoms. The lowest BCUT2D eigenvalue weighted by atomic mass is 9.73. The zero-order valence-corrected chi connectivity index (χ0v) is 13.4. The minimum absolute atomic E-state index is 0.137. The summed E-state index contributed by atoms with van der Waals surface area (Å²) in [7, 11) is 0. The molecule has 5 nitrogen and oxygen atoms in total. The van der Waals surface area contributed by atoms with Crippen LogP contribution in [0.15, 0.2) is 40.9 Å². The topological polar surface area (TPSA) is 84.3 Å². The van der Waals surface area contributed by atoms with Crippen molar-refractivity contribution in [2.75, 3.05) is 6.54 Å². The Balaban J connectivity index is 1.96. The van der Waals surface area contributed by atoms with E-state index in [0.29, 0.717) is 18.9 Å². The Morgan fingerprint density at radius 2 is 1.96 bits per heavy atom. The van der Waals surface area contributed by atoms with E-state index in [1.165, 1.54) is 6.42 Å². The van der Waals surface area contributed by atoms with Gasteiger partial charge in [-0.05, 0) is 18.4 Å². The molecule has 0 spiro atoms. The molecule has 0 saturated heterocycles. The van der Waals surface area contributed by atoms with Crippen molar-refractivity contribution in [2.45, 2.75) is 44.1 Å². The molecule has 1 fully saturated rings. The molecule has 3 rings (SSSR count). The first-order valence-electron chi connectivity index (χ1n) is 8.41. The monoisotopic (exact) mass is 315 g/mol. The van der Waals surface area contributed by atoms with Crippen molar-refractivity contribution in [3.05, 3.63) is 53.7 Å². The van der Waals surface area contributed by atoms with Crippen LogP contribution in [-0.4, -0.2) is 16.6 Å². The van der Waals surface area contributed by atoms with Crippen molar-refractivity contribution >= 4 is 0 Å². The summed E-state index contributed by atoms with van der Waals surface area (Å²) in [6.45, 7) is 0.613. The van der Waals surface area contributed by atoms with E-state index in [1.807, 2.05) is 30.3 Å². The molecular formula is C18H25N3O2. The number of oxazole rings is 1. The van der Waals surface area contributed by atoms with Gasteiger partial charge >= 0.3 is 0 Å². The molecule has 0 amide bonds. The average Bonchev–Trinajstić information content (AvgIpc) is 3.10. The second-order valence-electron chi connectivity index (χ2n) is 6.30. The number of hydrazine groups is 1. The minimum Gasteiger partial charge on any atom is -0.442 e. The number of rotatable bonds is 6. The van der Waals surface area contributed by atoms with Gasteiger partial charge in [-0.25, -0.2) is 4.98 Å². The van der Waals surface area contributed by atoms with Crippen LogP contribution in [-0.2, 0) is 12.0 Å². The highest BCUT2D eigenvalue weighted by molar-refractivity contribution is 5.30. The van der Waals surface area contributed by atoms with Crippen LogP contribution >= 0.6 is 0 Å². The summed E-state index contributed by atoms with van der Waals surface area (Å²) < 4.78 is 5.90. The van der Waals surface area contributed by atoms with Gasteiger partial charge in [-0.3, -0.25) is 11.3 Å². The van der Waals surface area contributed by atoms with E-state index in [4.69, 9.17) is 10.3 Å². The van der Waals surface area contributed by atoms with Crippen LogP contribution in [0.3, 0.4) is 0 Å². The van der Waals surface area contributed by atoms with E-state index >= 15 is 0 Å². The second kappa shape index (κ2) is 7.25. The Hall–Kier alpha value is -1.69.